The van der Waals surface area contributed by atoms with Crippen molar-refractivity contribution in [3.8, 4) is 5.75 Å². The lowest BCUT2D eigenvalue weighted by Crippen LogP contribution is -2.13. The van der Waals surface area contributed by atoms with Gasteiger partial charge in [0, 0.05) is 0 Å². The van der Waals surface area contributed by atoms with Crippen LogP contribution in [0, 0.1) is 0 Å². The van der Waals surface area contributed by atoms with Gasteiger partial charge in [-0.15, -0.1) is 0 Å². The highest BCUT2D eigenvalue weighted by atomic mass is 35.5. The van der Waals surface area contributed by atoms with Crippen LogP contribution in [0.15, 0.2) is 29.4 Å². The molecule has 1 heterocycles. The SMILES string of the molecule is O=S(=O)(Nc1cc(Cl)c(O)c(Cl)c1)c1ccn[nH]1. The monoisotopic (exact) mass is 307 g/mol. The third-order valence-electron chi connectivity index (χ3n) is 2.03. The second-order valence-electron chi connectivity index (χ2n) is 3.31. The van der Waals surface area contributed by atoms with Crippen LogP contribution in [0.5, 0.6) is 5.75 Å². The van der Waals surface area contributed by atoms with E-state index in [1.807, 2.05) is 0 Å². The fourth-order valence-corrected chi connectivity index (χ4v) is 2.67. The van der Waals surface area contributed by atoms with E-state index in [4.69, 9.17) is 23.2 Å². The number of halogens is 2. The standard InChI is InChI=1S/C9H7Cl2N3O3S/c10-6-3-5(4-7(11)9(6)15)14-18(16,17)8-1-2-12-13-8/h1-4,14-15H,(H,12,13). The molecule has 0 saturated heterocycles. The topological polar surface area (TPSA) is 95.1 Å². The van der Waals surface area contributed by atoms with Crippen LogP contribution in [0.2, 0.25) is 10.0 Å². The van der Waals surface area contributed by atoms with Crippen molar-refractivity contribution in [1.82, 2.24) is 10.2 Å². The first-order valence-electron chi connectivity index (χ1n) is 4.60. The molecular formula is C9H7Cl2N3O3S. The molecule has 0 bridgehead atoms. The maximum atomic E-state index is 11.8. The first-order valence-corrected chi connectivity index (χ1v) is 6.84. The molecule has 0 aliphatic carbocycles. The van der Waals surface area contributed by atoms with Crippen LogP contribution in [0.25, 0.3) is 0 Å². The molecule has 2 aromatic rings. The summed E-state index contributed by atoms with van der Waals surface area (Å²) in [5.41, 5.74) is 0.136. The lowest BCUT2D eigenvalue weighted by molar-refractivity contribution is 0.476. The summed E-state index contributed by atoms with van der Waals surface area (Å²) in [4.78, 5) is 0. The molecule has 0 amide bonds. The molecule has 96 valence electrons. The van der Waals surface area contributed by atoms with Gasteiger partial charge in [0.15, 0.2) is 10.8 Å². The zero-order chi connectivity index (χ0) is 13.3. The van der Waals surface area contributed by atoms with Gasteiger partial charge in [-0.05, 0) is 18.2 Å². The van der Waals surface area contributed by atoms with Crippen molar-refractivity contribution in [3.63, 3.8) is 0 Å². The molecule has 0 fully saturated rings. The Bertz CT molecular complexity index is 647. The van der Waals surface area contributed by atoms with Gasteiger partial charge in [-0.3, -0.25) is 9.82 Å². The fourth-order valence-electron chi connectivity index (χ4n) is 1.23. The number of H-pyrrole nitrogens is 1. The Kier molecular flexibility index (Phi) is 3.38. The van der Waals surface area contributed by atoms with Crippen LogP contribution in [-0.2, 0) is 10.0 Å². The van der Waals surface area contributed by atoms with Gasteiger partial charge in [0.2, 0.25) is 0 Å². The van der Waals surface area contributed by atoms with Crippen LogP contribution in [0.1, 0.15) is 0 Å². The number of hydrogen-bond acceptors (Lipinski definition) is 4. The van der Waals surface area contributed by atoms with Crippen molar-refractivity contribution < 1.29 is 13.5 Å². The molecule has 2 rings (SSSR count). The fraction of sp³-hybridized carbons (Fsp3) is 0. The number of hydrogen-bond donors (Lipinski definition) is 3. The predicted molar refractivity (Wildman–Crippen MR) is 67.5 cm³/mol. The van der Waals surface area contributed by atoms with Crippen molar-refractivity contribution in [1.29, 1.82) is 0 Å². The Balaban J connectivity index is 2.36. The van der Waals surface area contributed by atoms with E-state index in [0.29, 0.717) is 0 Å². The average molecular weight is 308 g/mol. The number of benzene rings is 1. The normalized spacial score (nSPS) is 11.4. The van der Waals surface area contributed by atoms with Crippen LogP contribution < -0.4 is 4.72 Å². The van der Waals surface area contributed by atoms with Gasteiger partial charge in [-0.2, -0.15) is 13.5 Å². The third-order valence-corrected chi connectivity index (χ3v) is 3.92. The highest BCUT2D eigenvalue weighted by Crippen LogP contribution is 2.35. The third kappa shape index (κ3) is 2.53. The van der Waals surface area contributed by atoms with Gasteiger partial charge in [0.1, 0.15) is 0 Å². The smallest absolute Gasteiger partial charge is 0.278 e. The van der Waals surface area contributed by atoms with E-state index in [1.54, 1.807) is 0 Å². The Hall–Kier alpha value is -1.44. The summed E-state index contributed by atoms with van der Waals surface area (Å²) in [5.74, 6) is -0.303. The Morgan fingerprint density at radius 1 is 1.28 bits per heavy atom. The van der Waals surface area contributed by atoms with Crippen molar-refractivity contribution in [3.05, 3.63) is 34.4 Å². The minimum atomic E-state index is -3.78. The van der Waals surface area contributed by atoms with Gasteiger partial charge in [-0.1, -0.05) is 23.2 Å². The van der Waals surface area contributed by atoms with Gasteiger partial charge in [-0.25, -0.2) is 0 Å². The van der Waals surface area contributed by atoms with Crippen molar-refractivity contribution in [2.45, 2.75) is 5.03 Å². The molecule has 0 spiro atoms. The average Bonchev–Trinajstić information content (AvgIpc) is 2.79. The molecule has 3 N–H and O–H groups in total. The molecule has 9 heteroatoms. The van der Waals surface area contributed by atoms with Gasteiger partial charge in [0.05, 0.1) is 21.9 Å². The Morgan fingerprint density at radius 3 is 2.39 bits per heavy atom. The zero-order valence-corrected chi connectivity index (χ0v) is 11.0. The minimum absolute atomic E-state index is 0.0511. The molecule has 0 radical (unpaired) electrons. The van der Waals surface area contributed by atoms with E-state index in [0.717, 1.165) is 0 Å². The summed E-state index contributed by atoms with van der Waals surface area (Å²) < 4.78 is 25.9. The molecule has 0 aliphatic heterocycles. The summed E-state index contributed by atoms with van der Waals surface area (Å²) >= 11 is 11.4. The number of aromatic nitrogens is 2. The quantitative estimate of drug-likeness (QED) is 0.758. The maximum Gasteiger partial charge on any atom is 0.278 e. The Labute approximate surface area is 113 Å². The van der Waals surface area contributed by atoms with E-state index in [9.17, 15) is 13.5 Å². The lowest BCUT2D eigenvalue weighted by atomic mass is 10.3. The summed E-state index contributed by atoms with van der Waals surface area (Å²) in [6.45, 7) is 0. The Morgan fingerprint density at radius 2 is 1.89 bits per heavy atom. The molecule has 0 aliphatic rings. The highest BCUT2D eigenvalue weighted by Gasteiger charge is 2.17. The second kappa shape index (κ2) is 4.68. The lowest BCUT2D eigenvalue weighted by Gasteiger charge is -2.08. The van der Waals surface area contributed by atoms with Crippen LogP contribution in [-0.4, -0.2) is 23.7 Å². The molecule has 18 heavy (non-hydrogen) atoms. The van der Waals surface area contributed by atoms with Crippen LogP contribution in [0.3, 0.4) is 0 Å². The predicted octanol–water partition coefficient (Wildman–Crippen LogP) is 2.22. The number of sulfonamides is 1. The van der Waals surface area contributed by atoms with Crippen molar-refractivity contribution >= 4 is 38.9 Å². The molecule has 0 unspecified atom stereocenters. The number of phenols is 1. The number of aromatic amines is 1. The summed E-state index contributed by atoms with van der Waals surface area (Å²) in [6, 6.07) is 3.79. The minimum Gasteiger partial charge on any atom is -0.505 e. The molecule has 0 saturated carbocycles. The van der Waals surface area contributed by atoms with E-state index in [2.05, 4.69) is 14.9 Å². The second-order valence-corrected chi connectivity index (χ2v) is 5.78. The first-order chi connectivity index (χ1) is 8.40. The molecule has 0 atom stereocenters. The summed E-state index contributed by atoms with van der Waals surface area (Å²) in [6.07, 6.45) is 1.31. The summed E-state index contributed by atoms with van der Waals surface area (Å²) in [7, 11) is -3.78. The van der Waals surface area contributed by atoms with Crippen molar-refractivity contribution in [2.24, 2.45) is 0 Å². The van der Waals surface area contributed by atoms with E-state index in [-0.39, 0.29) is 26.5 Å². The molecular weight excluding hydrogens is 301 g/mol. The van der Waals surface area contributed by atoms with E-state index >= 15 is 0 Å². The van der Waals surface area contributed by atoms with E-state index < -0.39 is 10.0 Å². The van der Waals surface area contributed by atoms with Gasteiger partial charge in [0.25, 0.3) is 10.0 Å². The number of anilines is 1. The first kappa shape index (κ1) is 13.0. The van der Waals surface area contributed by atoms with Gasteiger partial charge >= 0.3 is 0 Å². The number of nitrogens with one attached hydrogen (secondary N) is 2. The number of phenolic OH excluding ortho intramolecular Hbond substituents is 1. The largest absolute Gasteiger partial charge is 0.505 e. The number of aromatic hydroxyl groups is 1. The van der Waals surface area contributed by atoms with Crippen LogP contribution >= 0.6 is 23.2 Å². The number of rotatable bonds is 3. The van der Waals surface area contributed by atoms with Crippen LogP contribution in [0.4, 0.5) is 5.69 Å². The maximum absolute atomic E-state index is 11.8. The number of nitrogens with zero attached hydrogens (tertiary/aromatic N) is 1. The highest BCUT2D eigenvalue weighted by molar-refractivity contribution is 7.92. The van der Waals surface area contributed by atoms with Gasteiger partial charge < -0.3 is 5.11 Å². The van der Waals surface area contributed by atoms with Crippen molar-refractivity contribution in [2.75, 3.05) is 4.72 Å². The molecule has 1 aromatic heterocycles. The summed E-state index contributed by atoms with van der Waals surface area (Å²) in [5, 5.41) is 15.0. The zero-order valence-electron chi connectivity index (χ0n) is 8.68. The molecule has 1 aromatic carbocycles. The van der Waals surface area contributed by atoms with E-state index in [1.165, 1.54) is 24.4 Å². The molecule has 6 nitrogen and oxygen atoms in total.